The number of aromatic hydroxyl groups is 1. The van der Waals surface area contributed by atoms with Gasteiger partial charge < -0.3 is 19.1 Å². The lowest BCUT2D eigenvalue weighted by Gasteiger charge is -2.09. The first kappa shape index (κ1) is 19.4. The number of hydrogen-bond donors (Lipinski definition) is 1. The summed E-state index contributed by atoms with van der Waals surface area (Å²) in [5, 5.41) is 19.1. The summed E-state index contributed by atoms with van der Waals surface area (Å²) in [7, 11) is 1.57. The lowest BCUT2D eigenvalue weighted by Crippen LogP contribution is -2.07. The van der Waals surface area contributed by atoms with Gasteiger partial charge in [-0.3, -0.25) is 4.79 Å². The minimum Gasteiger partial charge on any atom is -0.497 e. The van der Waals surface area contributed by atoms with Crippen LogP contribution in [0, 0.1) is 5.92 Å². The molecule has 146 valence electrons. The highest BCUT2D eigenvalue weighted by Gasteiger charge is 2.18. The highest BCUT2D eigenvalue weighted by atomic mass is 16.5. The van der Waals surface area contributed by atoms with Gasteiger partial charge in [0.15, 0.2) is 12.3 Å². The van der Waals surface area contributed by atoms with Crippen LogP contribution in [0.1, 0.15) is 13.8 Å². The fourth-order valence-corrected chi connectivity index (χ4v) is 2.87. The topological polar surface area (TPSA) is 85.4 Å². The molecule has 28 heavy (non-hydrogen) atoms. The number of para-hydroxylation sites is 1. The van der Waals surface area contributed by atoms with Crippen molar-refractivity contribution in [2.45, 2.75) is 20.4 Å². The number of benzene rings is 2. The van der Waals surface area contributed by atoms with Crippen molar-refractivity contribution in [1.29, 1.82) is 0 Å². The maximum atomic E-state index is 12.0. The van der Waals surface area contributed by atoms with Gasteiger partial charge in [0, 0.05) is 11.9 Å². The summed E-state index contributed by atoms with van der Waals surface area (Å²) in [6, 6.07) is 14.4. The van der Waals surface area contributed by atoms with E-state index >= 15 is 0 Å². The highest BCUT2D eigenvalue weighted by molar-refractivity contribution is 5.96. The van der Waals surface area contributed by atoms with Gasteiger partial charge in [0.05, 0.1) is 12.6 Å². The molecule has 2 aromatic carbocycles. The van der Waals surface area contributed by atoms with Crippen molar-refractivity contribution in [2.75, 3.05) is 13.7 Å². The Hall–Kier alpha value is -3.35. The van der Waals surface area contributed by atoms with Crippen LogP contribution in [-0.2, 0) is 11.3 Å². The van der Waals surface area contributed by atoms with Crippen molar-refractivity contribution >= 4 is 22.5 Å². The third kappa shape index (κ3) is 4.31. The maximum Gasteiger partial charge on any atom is 0.302 e. The number of amides is 1. The molecule has 1 heterocycles. The van der Waals surface area contributed by atoms with Crippen molar-refractivity contribution in [3.05, 3.63) is 48.5 Å². The third-order valence-electron chi connectivity index (χ3n) is 4.13. The number of ether oxygens (including phenoxy) is 2. The molecule has 0 spiro atoms. The largest absolute Gasteiger partial charge is 0.497 e. The van der Waals surface area contributed by atoms with Crippen molar-refractivity contribution in [2.24, 2.45) is 16.1 Å². The van der Waals surface area contributed by atoms with Gasteiger partial charge in [0.1, 0.15) is 11.5 Å². The Labute approximate surface area is 163 Å². The molecule has 0 aliphatic heterocycles. The van der Waals surface area contributed by atoms with E-state index in [9.17, 15) is 9.90 Å². The first-order chi connectivity index (χ1) is 13.5. The van der Waals surface area contributed by atoms with Crippen molar-refractivity contribution in [1.82, 2.24) is 4.57 Å². The third-order valence-corrected chi connectivity index (χ3v) is 4.13. The van der Waals surface area contributed by atoms with Crippen LogP contribution in [0.4, 0.5) is 5.69 Å². The van der Waals surface area contributed by atoms with E-state index in [0.29, 0.717) is 29.3 Å². The summed E-state index contributed by atoms with van der Waals surface area (Å²) in [5.74, 6) is 0.944. The van der Waals surface area contributed by atoms with Gasteiger partial charge in [-0.15, -0.1) is 10.2 Å². The predicted molar refractivity (Wildman–Crippen MR) is 106 cm³/mol. The highest BCUT2D eigenvalue weighted by Crippen LogP contribution is 2.40. The van der Waals surface area contributed by atoms with Crippen LogP contribution in [0.25, 0.3) is 10.9 Å². The number of aromatic nitrogens is 1. The van der Waals surface area contributed by atoms with Gasteiger partial charge in [-0.2, -0.15) is 0 Å². The molecule has 0 saturated carbocycles. The van der Waals surface area contributed by atoms with Gasteiger partial charge in [-0.05, 0) is 36.2 Å². The van der Waals surface area contributed by atoms with E-state index in [1.807, 2.05) is 30.3 Å². The summed E-state index contributed by atoms with van der Waals surface area (Å²) in [5.41, 5.74) is 1.04. The maximum absolute atomic E-state index is 12.0. The Kier molecular flexibility index (Phi) is 5.93. The fraction of sp³-hybridized carbons (Fsp3) is 0.286. The van der Waals surface area contributed by atoms with Crippen LogP contribution in [0.2, 0.25) is 0 Å². The van der Waals surface area contributed by atoms with Gasteiger partial charge in [0.2, 0.25) is 5.88 Å². The molecular weight excluding hydrogens is 358 g/mol. The molecule has 0 atom stereocenters. The molecule has 1 aromatic heterocycles. The molecule has 0 unspecified atom stereocenters. The first-order valence-electron chi connectivity index (χ1n) is 9.01. The number of carbonyl (C=O) groups is 1. The second-order valence-corrected chi connectivity index (χ2v) is 6.76. The number of rotatable bonds is 7. The minimum absolute atomic E-state index is 0.0301. The lowest BCUT2D eigenvalue weighted by atomic mass is 10.2. The van der Waals surface area contributed by atoms with Crippen LogP contribution < -0.4 is 9.47 Å². The summed E-state index contributed by atoms with van der Waals surface area (Å²) in [6.45, 7) is 4.48. The Morgan fingerprint density at radius 2 is 1.89 bits per heavy atom. The average Bonchev–Trinajstić information content (AvgIpc) is 2.95. The monoisotopic (exact) mass is 381 g/mol. The van der Waals surface area contributed by atoms with Crippen LogP contribution in [0.15, 0.2) is 58.8 Å². The van der Waals surface area contributed by atoms with Gasteiger partial charge in [0.25, 0.3) is 0 Å². The van der Waals surface area contributed by atoms with Gasteiger partial charge in [-0.25, -0.2) is 0 Å². The number of azo groups is 1. The Morgan fingerprint density at radius 1 is 1.14 bits per heavy atom. The Balaban J connectivity index is 1.87. The minimum atomic E-state index is -0.545. The zero-order chi connectivity index (χ0) is 20.1. The second-order valence-electron chi connectivity index (χ2n) is 6.76. The van der Waals surface area contributed by atoms with E-state index in [2.05, 4.69) is 24.1 Å². The summed E-state index contributed by atoms with van der Waals surface area (Å²) in [6.07, 6.45) is 0. The number of methoxy groups -OCH3 is 1. The van der Waals surface area contributed by atoms with Crippen LogP contribution in [-0.4, -0.2) is 29.3 Å². The van der Waals surface area contributed by atoms with Crippen molar-refractivity contribution in [3.63, 3.8) is 0 Å². The van der Waals surface area contributed by atoms with E-state index in [0.717, 1.165) is 5.52 Å². The summed E-state index contributed by atoms with van der Waals surface area (Å²) < 4.78 is 12.4. The molecular formula is C21H23N3O4. The second kappa shape index (κ2) is 8.56. The van der Waals surface area contributed by atoms with Gasteiger partial charge in [-0.1, -0.05) is 32.0 Å². The summed E-state index contributed by atoms with van der Waals surface area (Å²) >= 11 is 0. The number of carbonyl (C=O) groups excluding carboxylic acids is 1. The molecule has 0 saturated heterocycles. The quantitative estimate of drug-likeness (QED) is 0.601. The van der Waals surface area contributed by atoms with E-state index in [-0.39, 0.29) is 18.2 Å². The van der Waals surface area contributed by atoms with Crippen LogP contribution in [0.3, 0.4) is 0 Å². The molecule has 3 aromatic rings. The van der Waals surface area contributed by atoms with E-state index < -0.39 is 5.91 Å². The molecule has 1 N–H and O–H groups in total. The molecule has 7 nitrogen and oxygen atoms in total. The Bertz CT molecular complexity index is 994. The molecule has 7 heteroatoms. The zero-order valence-corrected chi connectivity index (χ0v) is 16.1. The Morgan fingerprint density at radius 3 is 2.57 bits per heavy atom. The van der Waals surface area contributed by atoms with Gasteiger partial charge >= 0.3 is 5.91 Å². The molecule has 0 bridgehead atoms. The zero-order valence-electron chi connectivity index (χ0n) is 16.1. The number of nitrogens with zero attached hydrogens (tertiary/aromatic N) is 3. The SMILES string of the molecule is COc1ccc2c(c1)c(N=NC(=O)COc1ccccc1)c(O)n2CC(C)C. The van der Waals surface area contributed by atoms with Crippen LogP contribution in [0.5, 0.6) is 17.4 Å². The van der Waals surface area contributed by atoms with Crippen molar-refractivity contribution < 1.29 is 19.4 Å². The number of fused-ring (bicyclic) bond motifs is 1. The average molecular weight is 381 g/mol. The predicted octanol–water partition coefficient (Wildman–Crippen LogP) is 4.70. The standard InChI is InChI=1S/C21H23N3O4/c1-14(2)12-24-18-10-9-16(27-3)11-17(18)20(21(24)26)23-22-19(25)13-28-15-7-5-4-6-8-15/h4-11,14,26H,12-13H2,1-3H3. The molecule has 3 rings (SSSR count). The molecule has 0 aliphatic rings. The molecule has 0 fully saturated rings. The van der Waals surface area contributed by atoms with Crippen LogP contribution >= 0.6 is 0 Å². The lowest BCUT2D eigenvalue weighted by molar-refractivity contribution is -0.120. The van der Waals surface area contributed by atoms with E-state index in [1.54, 1.807) is 29.9 Å². The fourth-order valence-electron chi connectivity index (χ4n) is 2.87. The first-order valence-corrected chi connectivity index (χ1v) is 9.01. The van der Waals surface area contributed by atoms with E-state index in [4.69, 9.17) is 9.47 Å². The molecule has 0 aliphatic carbocycles. The normalized spacial score (nSPS) is 11.4. The summed E-state index contributed by atoms with van der Waals surface area (Å²) in [4.78, 5) is 12.0. The molecule has 1 amide bonds. The number of hydrogen-bond acceptors (Lipinski definition) is 5. The van der Waals surface area contributed by atoms with Crippen molar-refractivity contribution in [3.8, 4) is 17.4 Å². The van der Waals surface area contributed by atoms with E-state index in [1.165, 1.54) is 0 Å². The smallest absolute Gasteiger partial charge is 0.302 e. The molecule has 0 radical (unpaired) electrons.